The fraction of sp³-hybridized carbons (Fsp3) is 0.231. The van der Waals surface area contributed by atoms with E-state index in [-0.39, 0.29) is 17.3 Å². The van der Waals surface area contributed by atoms with E-state index >= 15 is 0 Å². The number of anilines is 1. The van der Waals surface area contributed by atoms with Gasteiger partial charge in [0.25, 0.3) is 10.0 Å². The van der Waals surface area contributed by atoms with Crippen LogP contribution in [0.5, 0.6) is 0 Å². The summed E-state index contributed by atoms with van der Waals surface area (Å²) in [6.45, 7) is 3.13. The van der Waals surface area contributed by atoms with Gasteiger partial charge >= 0.3 is 0 Å². The van der Waals surface area contributed by atoms with Gasteiger partial charge in [0.1, 0.15) is 12.6 Å². The first kappa shape index (κ1) is 28.8. The third-order valence-electron chi connectivity index (χ3n) is 5.60. The number of hydrogen-bond donors (Lipinski definition) is 1. The van der Waals surface area contributed by atoms with E-state index in [1.165, 1.54) is 29.2 Å². The third-order valence-corrected chi connectivity index (χ3v) is 8.23. The topological polar surface area (TPSA) is 86.8 Å². The molecule has 0 aromatic heterocycles. The van der Waals surface area contributed by atoms with E-state index in [9.17, 15) is 18.0 Å². The van der Waals surface area contributed by atoms with Crippen molar-refractivity contribution < 1.29 is 18.0 Å². The van der Waals surface area contributed by atoms with Gasteiger partial charge in [0.15, 0.2) is 0 Å². The molecule has 1 N–H and O–H groups in total. The average Bonchev–Trinajstić information content (AvgIpc) is 2.87. The van der Waals surface area contributed by atoms with Crippen molar-refractivity contribution in [1.29, 1.82) is 0 Å². The molecule has 7 nitrogen and oxygen atoms in total. The Morgan fingerprint density at radius 2 is 1.54 bits per heavy atom. The summed E-state index contributed by atoms with van der Waals surface area (Å²) in [6, 6.07) is 17.9. The lowest BCUT2D eigenvalue weighted by atomic mass is 10.1. The van der Waals surface area contributed by atoms with Crippen LogP contribution in [0.25, 0.3) is 0 Å². The van der Waals surface area contributed by atoms with Crippen molar-refractivity contribution in [3.63, 3.8) is 0 Å². The fourth-order valence-electron chi connectivity index (χ4n) is 3.59. The SMILES string of the molecule is CCNC(=O)[C@H](C)N(Cc1ccc(Cl)cc1Cl)C(=O)CN(c1ccccc1)S(=O)(=O)c1ccc(Cl)cc1. The Labute approximate surface area is 232 Å². The van der Waals surface area contributed by atoms with Crippen LogP contribution in [-0.2, 0) is 26.2 Å². The molecule has 0 saturated carbocycles. The number of carbonyl (C=O) groups is 2. The molecule has 0 fully saturated rings. The van der Waals surface area contributed by atoms with Crippen LogP contribution in [0.4, 0.5) is 5.69 Å². The number of halogens is 3. The summed E-state index contributed by atoms with van der Waals surface area (Å²) in [7, 11) is -4.16. The van der Waals surface area contributed by atoms with E-state index in [4.69, 9.17) is 34.8 Å². The van der Waals surface area contributed by atoms with E-state index in [2.05, 4.69) is 5.32 Å². The van der Waals surface area contributed by atoms with Crippen LogP contribution < -0.4 is 9.62 Å². The highest BCUT2D eigenvalue weighted by atomic mass is 35.5. The van der Waals surface area contributed by atoms with Crippen molar-refractivity contribution in [1.82, 2.24) is 10.2 Å². The molecule has 2 amide bonds. The molecule has 0 radical (unpaired) electrons. The number of amides is 2. The Bertz CT molecular complexity index is 1350. The zero-order valence-electron chi connectivity index (χ0n) is 20.2. The van der Waals surface area contributed by atoms with Crippen molar-refractivity contribution in [2.24, 2.45) is 0 Å². The minimum Gasteiger partial charge on any atom is -0.355 e. The van der Waals surface area contributed by atoms with Gasteiger partial charge in [-0.15, -0.1) is 0 Å². The number of rotatable bonds is 10. The van der Waals surface area contributed by atoms with Crippen LogP contribution in [0.1, 0.15) is 19.4 Å². The molecule has 0 saturated heterocycles. The minimum absolute atomic E-state index is 0.0300. The summed E-state index contributed by atoms with van der Waals surface area (Å²) < 4.78 is 28.3. The number of sulfonamides is 1. The van der Waals surface area contributed by atoms with Gasteiger partial charge in [-0.05, 0) is 67.9 Å². The molecule has 0 aliphatic rings. The Balaban J connectivity index is 2.02. The van der Waals surface area contributed by atoms with Gasteiger partial charge in [0, 0.05) is 28.2 Å². The Morgan fingerprint density at radius 3 is 2.14 bits per heavy atom. The lowest BCUT2D eigenvalue weighted by Gasteiger charge is -2.32. The lowest BCUT2D eigenvalue weighted by Crippen LogP contribution is -2.51. The predicted octanol–water partition coefficient (Wildman–Crippen LogP) is 5.40. The largest absolute Gasteiger partial charge is 0.355 e. The second-order valence-corrected chi connectivity index (χ2v) is 11.3. The van der Waals surface area contributed by atoms with Crippen molar-refractivity contribution in [2.45, 2.75) is 31.3 Å². The molecule has 11 heteroatoms. The quantitative estimate of drug-likeness (QED) is 0.347. The zero-order valence-corrected chi connectivity index (χ0v) is 23.3. The number of nitrogens with zero attached hydrogens (tertiary/aromatic N) is 2. The maximum atomic E-state index is 13.7. The highest BCUT2D eigenvalue weighted by molar-refractivity contribution is 7.92. The molecule has 37 heavy (non-hydrogen) atoms. The summed E-state index contributed by atoms with van der Waals surface area (Å²) in [5.41, 5.74) is 0.850. The smallest absolute Gasteiger partial charge is 0.264 e. The van der Waals surface area contributed by atoms with Crippen LogP contribution >= 0.6 is 34.8 Å². The standard InChI is InChI=1S/C26H26Cl3N3O4S/c1-3-30-26(34)18(2)31(16-19-9-10-21(28)15-24(19)29)25(33)17-32(22-7-5-4-6-8-22)37(35,36)23-13-11-20(27)12-14-23/h4-15,18H,3,16-17H2,1-2H3,(H,30,34)/t18-/m0/s1. The van der Waals surface area contributed by atoms with Crippen molar-refractivity contribution in [3.05, 3.63) is 93.4 Å². The molecule has 0 aliphatic carbocycles. The Hall–Kier alpha value is -2.78. The molecular weight excluding hydrogens is 557 g/mol. The highest BCUT2D eigenvalue weighted by Gasteiger charge is 2.32. The van der Waals surface area contributed by atoms with Gasteiger partial charge < -0.3 is 10.2 Å². The zero-order chi connectivity index (χ0) is 27.2. The summed E-state index contributed by atoms with van der Waals surface area (Å²) in [6.07, 6.45) is 0. The van der Waals surface area contributed by atoms with Gasteiger partial charge in [-0.1, -0.05) is 59.1 Å². The molecule has 0 spiro atoms. The predicted molar refractivity (Wildman–Crippen MR) is 148 cm³/mol. The molecule has 1 atom stereocenters. The lowest BCUT2D eigenvalue weighted by molar-refractivity contribution is -0.139. The molecule has 0 aliphatic heterocycles. The van der Waals surface area contributed by atoms with Gasteiger partial charge in [-0.25, -0.2) is 8.42 Å². The average molecular weight is 583 g/mol. The summed E-state index contributed by atoms with van der Waals surface area (Å²) >= 11 is 18.3. The van der Waals surface area contributed by atoms with Crippen molar-refractivity contribution in [3.8, 4) is 0 Å². The van der Waals surface area contributed by atoms with Crippen molar-refractivity contribution >= 4 is 62.3 Å². The molecule has 0 unspecified atom stereocenters. The van der Waals surface area contributed by atoms with E-state index in [1.54, 1.807) is 62.4 Å². The first-order chi connectivity index (χ1) is 17.5. The summed E-state index contributed by atoms with van der Waals surface area (Å²) in [5, 5.41) is 3.83. The minimum atomic E-state index is -4.16. The molecule has 0 bridgehead atoms. The number of likely N-dealkylation sites (N-methyl/N-ethyl adjacent to an activating group) is 1. The van der Waals surface area contributed by atoms with Crippen LogP contribution in [0, 0.1) is 0 Å². The molecular formula is C26H26Cl3N3O4S. The summed E-state index contributed by atoms with van der Waals surface area (Å²) in [4.78, 5) is 27.7. The number of para-hydroxylation sites is 1. The second kappa shape index (κ2) is 12.6. The van der Waals surface area contributed by atoms with E-state index in [0.29, 0.717) is 32.9 Å². The van der Waals surface area contributed by atoms with E-state index in [0.717, 1.165) is 4.31 Å². The first-order valence-electron chi connectivity index (χ1n) is 11.4. The van der Waals surface area contributed by atoms with Gasteiger partial charge in [0.05, 0.1) is 10.6 Å². The summed E-state index contributed by atoms with van der Waals surface area (Å²) in [5.74, 6) is -0.973. The number of hydrogen-bond acceptors (Lipinski definition) is 4. The molecule has 3 aromatic rings. The van der Waals surface area contributed by atoms with Gasteiger partial charge in [0.2, 0.25) is 11.8 Å². The van der Waals surface area contributed by atoms with Gasteiger partial charge in [-0.3, -0.25) is 13.9 Å². The second-order valence-electron chi connectivity index (χ2n) is 8.13. The maximum absolute atomic E-state index is 13.7. The van der Waals surface area contributed by atoms with Crippen LogP contribution in [0.3, 0.4) is 0 Å². The Kier molecular flexibility index (Phi) is 9.84. The highest BCUT2D eigenvalue weighted by Crippen LogP contribution is 2.27. The number of benzene rings is 3. The number of nitrogens with one attached hydrogen (secondary N) is 1. The Morgan fingerprint density at radius 1 is 0.919 bits per heavy atom. The fourth-order valence-corrected chi connectivity index (χ4v) is 5.60. The molecule has 3 aromatic carbocycles. The number of carbonyl (C=O) groups excluding carboxylic acids is 2. The van der Waals surface area contributed by atoms with Crippen molar-refractivity contribution in [2.75, 3.05) is 17.4 Å². The molecule has 196 valence electrons. The first-order valence-corrected chi connectivity index (χ1v) is 14.0. The molecule has 3 rings (SSSR count). The maximum Gasteiger partial charge on any atom is 0.264 e. The van der Waals surface area contributed by atoms with Crippen LogP contribution in [0.15, 0.2) is 77.7 Å². The molecule has 0 heterocycles. The van der Waals surface area contributed by atoms with E-state index < -0.39 is 28.5 Å². The van der Waals surface area contributed by atoms with Crippen LogP contribution in [0.2, 0.25) is 15.1 Å². The van der Waals surface area contributed by atoms with E-state index in [1.807, 2.05) is 0 Å². The third kappa shape index (κ3) is 7.17. The monoisotopic (exact) mass is 581 g/mol. The van der Waals surface area contributed by atoms with Gasteiger partial charge in [-0.2, -0.15) is 0 Å². The van der Waals surface area contributed by atoms with Crippen LogP contribution in [-0.4, -0.2) is 44.3 Å². The normalized spacial score (nSPS) is 12.0.